The van der Waals surface area contributed by atoms with Crippen molar-refractivity contribution in [2.45, 2.75) is 17.2 Å². The first-order valence-electron chi connectivity index (χ1n) is 10.6. The monoisotopic (exact) mass is 469 g/mol. The van der Waals surface area contributed by atoms with Crippen LogP contribution in [0.2, 0.25) is 0 Å². The summed E-state index contributed by atoms with van der Waals surface area (Å²) < 4.78 is 47.5. The number of morpholine rings is 1. The van der Waals surface area contributed by atoms with E-state index in [1.165, 1.54) is 12.1 Å². The van der Waals surface area contributed by atoms with Crippen molar-refractivity contribution in [3.63, 3.8) is 0 Å². The second kappa shape index (κ2) is 10.4. The zero-order chi connectivity index (χ0) is 23.3. The topological polar surface area (TPSA) is 74.3 Å². The largest absolute Gasteiger partial charge is 0.496 e. The first kappa shape index (κ1) is 23.3. The SMILES string of the molecule is COc1ccccc1C(OC)N1CCO[C@H](c2ccc(OS(=O)(=O)c3ccccc3)cc2)C1. The maximum Gasteiger partial charge on any atom is 0.339 e. The van der Waals surface area contributed by atoms with Crippen molar-refractivity contribution in [3.05, 3.63) is 90.0 Å². The first-order valence-corrected chi connectivity index (χ1v) is 12.0. The van der Waals surface area contributed by atoms with Gasteiger partial charge in [-0.1, -0.05) is 48.5 Å². The highest BCUT2D eigenvalue weighted by Crippen LogP contribution is 2.34. The number of nitrogens with zero attached hydrogens (tertiary/aromatic N) is 1. The summed E-state index contributed by atoms with van der Waals surface area (Å²) in [6.45, 7) is 1.86. The van der Waals surface area contributed by atoms with Crippen LogP contribution in [0, 0.1) is 0 Å². The summed E-state index contributed by atoms with van der Waals surface area (Å²) in [7, 11) is -0.550. The molecule has 174 valence electrons. The van der Waals surface area contributed by atoms with Crippen molar-refractivity contribution in [2.75, 3.05) is 33.9 Å². The lowest BCUT2D eigenvalue weighted by atomic mass is 10.1. The average Bonchev–Trinajstić information content (AvgIpc) is 2.86. The van der Waals surface area contributed by atoms with Crippen molar-refractivity contribution in [1.82, 2.24) is 4.90 Å². The summed E-state index contributed by atoms with van der Waals surface area (Å²) >= 11 is 0. The molecule has 1 heterocycles. The van der Waals surface area contributed by atoms with Crippen LogP contribution in [0.5, 0.6) is 11.5 Å². The Labute approximate surface area is 194 Å². The molecule has 1 fully saturated rings. The predicted octanol–water partition coefficient (Wildman–Crippen LogP) is 4.18. The molecule has 0 spiro atoms. The molecule has 0 amide bonds. The Morgan fingerprint density at radius 1 is 0.939 bits per heavy atom. The molecule has 4 rings (SSSR count). The van der Waals surface area contributed by atoms with Crippen LogP contribution in [0.15, 0.2) is 83.8 Å². The van der Waals surface area contributed by atoms with Crippen LogP contribution in [0.4, 0.5) is 0 Å². The summed E-state index contributed by atoms with van der Waals surface area (Å²) in [4.78, 5) is 2.32. The molecule has 1 unspecified atom stereocenters. The lowest BCUT2D eigenvalue weighted by Crippen LogP contribution is -2.41. The Bertz CT molecular complexity index is 1150. The Balaban J connectivity index is 1.47. The number of hydrogen-bond donors (Lipinski definition) is 0. The highest BCUT2D eigenvalue weighted by molar-refractivity contribution is 7.87. The molecule has 0 bridgehead atoms. The van der Waals surface area contributed by atoms with E-state index in [1.807, 2.05) is 36.4 Å². The molecule has 33 heavy (non-hydrogen) atoms. The smallest absolute Gasteiger partial charge is 0.339 e. The fourth-order valence-electron chi connectivity index (χ4n) is 3.93. The van der Waals surface area contributed by atoms with Crippen LogP contribution in [0.3, 0.4) is 0 Å². The van der Waals surface area contributed by atoms with Gasteiger partial charge in [0.05, 0.1) is 19.8 Å². The molecule has 0 aliphatic carbocycles. The van der Waals surface area contributed by atoms with Gasteiger partial charge in [0.15, 0.2) is 0 Å². The Hall–Kier alpha value is -2.91. The van der Waals surface area contributed by atoms with E-state index in [0.717, 1.165) is 16.9 Å². The second-order valence-electron chi connectivity index (χ2n) is 7.60. The number of ether oxygens (including phenoxy) is 3. The van der Waals surface area contributed by atoms with Crippen LogP contribution in [0.25, 0.3) is 0 Å². The summed E-state index contributed by atoms with van der Waals surface area (Å²) in [6.07, 6.45) is -0.461. The quantitative estimate of drug-likeness (QED) is 0.458. The van der Waals surface area contributed by atoms with Crippen LogP contribution < -0.4 is 8.92 Å². The molecule has 2 atom stereocenters. The van der Waals surface area contributed by atoms with Crippen molar-refractivity contribution >= 4 is 10.1 Å². The van der Waals surface area contributed by atoms with Gasteiger partial charge in [-0.25, -0.2) is 0 Å². The maximum absolute atomic E-state index is 12.4. The van der Waals surface area contributed by atoms with Crippen molar-refractivity contribution in [3.8, 4) is 11.5 Å². The van der Waals surface area contributed by atoms with Gasteiger partial charge in [-0.15, -0.1) is 0 Å². The van der Waals surface area contributed by atoms with Gasteiger partial charge < -0.3 is 18.4 Å². The molecule has 1 aliphatic rings. The van der Waals surface area contributed by atoms with E-state index in [-0.39, 0.29) is 23.0 Å². The van der Waals surface area contributed by atoms with E-state index in [2.05, 4.69) is 4.90 Å². The molecule has 0 N–H and O–H groups in total. The molecular weight excluding hydrogens is 442 g/mol. The van der Waals surface area contributed by atoms with Gasteiger partial charge in [0.2, 0.25) is 0 Å². The molecule has 3 aromatic carbocycles. The number of benzene rings is 3. The van der Waals surface area contributed by atoms with Gasteiger partial charge in [-0.05, 0) is 35.9 Å². The van der Waals surface area contributed by atoms with Gasteiger partial charge in [0, 0.05) is 25.8 Å². The van der Waals surface area contributed by atoms with E-state index < -0.39 is 10.1 Å². The number of rotatable bonds is 8. The minimum absolute atomic E-state index is 0.113. The first-order chi connectivity index (χ1) is 16.0. The maximum atomic E-state index is 12.4. The molecular formula is C25H27NO6S. The fourth-order valence-corrected chi connectivity index (χ4v) is 4.88. The lowest BCUT2D eigenvalue weighted by molar-refractivity contribution is -0.111. The second-order valence-corrected chi connectivity index (χ2v) is 9.15. The molecule has 0 aromatic heterocycles. The zero-order valence-corrected chi connectivity index (χ0v) is 19.4. The van der Waals surface area contributed by atoms with E-state index in [0.29, 0.717) is 19.7 Å². The van der Waals surface area contributed by atoms with Crippen LogP contribution in [-0.2, 0) is 19.6 Å². The van der Waals surface area contributed by atoms with Gasteiger partial charge >= 0.3 is 10.1 Å². The van der Waals surface area contributed by atoms with Gasteiger partial charge in [-0.3, -0.25) is 4.90 Å². The van der Waals surface area contributed by atoms with E-state index in [1.54, 1.807) is 44.6 Å². The van der Waals surface area contributed by atoms with Crippen LogP contribution in [-0.4, -0.2) is 47.2 Å². The lowest BCUT2D eigenvalue weighted by Gasteiger charge is -2.38. The van der Waals surface area contributed by atoms with Gasteiger partial charge in [-0.2, -0.15) is 8.42 Å². The van der Waals surface area contributed by atoms with Crippen LogP contribution in [0.1, 0.15) is 23.5 Å². The highest BCUT2D eigenvalue weighted by atomic mass is 32.2. The summed E-state index contributed by atoms with van der Waals surface area (Å²) in [5.41, 5.74) is 1.89. The Morgan fingerprint density at radius 3 is 2.33 bits per heavy atom. The molecule has 1 aliphatic heterocycles. The third-order valence-electron chi connectivity index (χ3n) is 5.55. The molecule has 3 aromatic rings. The zero-order valence-electron chi connectivity index (χ0n) is 18.6. The normalized spacial score (nSPS) is 17.9. The summed E-state index contributed by atoms with van der Waals surface area (Å²) in [5.74, 6) is 1.02. The van der Waals surface area contributed by atoms with Gasteiger partial charge in [0.25, 0.3) is 0 Å². The summed E-state index contributed by atoms with van der Waals surface area (Å²) in [6, 6.07) is 22.8. The standard InChI is InChI=1S/C25H27NO6S/c1-29-23-11-7-6-10-22(23)25(30-2)26-16-17-31-24(18-26)19-12-14-20(15-13-19)32-33(27,28)21-8-4-3-5-9-21/h3-15,24-25H,16-18H2,1-2H3/t24-,25?/m0/s1. The number of para-hydroxylation sites is 1. The molecule has 0 radical (unpaired) electrons. The molecule has 7 nitrogen and oxygen atoms in total. The van der Waals surface area contributed by atoms with E-state index in [9.17, 15) is 8.42 Å². The van der Waals surface area contributed by atoms with Crippen molar-refractivity contribution < 1.29 is 26.8 Å². The van der Waals surface area contributed by atoms with Crippen molar-refractivity contribution in [2.24, 2.45) is 0 Å². The minimum atomic E-state index is -3.88. The minimum Gasteiger partial charge on any atom is -0.496 e. The fraction of sp³-hybridized carbons (Fsp3) is 0.280. The third kappa shape index (κ3) is 5.36. The average molecular weight is 470 g/mol. The van der Waals surface area contributed by atoms with E-state index in [4.69, 9.17) is 18.4 Å². The Morgan fingerprint density at radius 2 is 1.64 bits per heavy atom. The summed E-state index contributed by atoms with van der Waals surface area (Å²) in [5, 5.41) is 0. The van der Waals surface area contributed by atoms with Gasteiger partial charge in [0.1, 0.15) is 22.6 Å². The number of methoxy groups -OCH3 is 2. The molecule has 8 heteroatoms. The highest BCUT2D eigenvalue weighted by Gasteiger charge is 2.30. The Kier molecular flexibility index (Phi) is 7.29. The van der Waals surface area contributed by atoms with Crippen molar-refractivity contribution in [1.29, 1.82) is 0 Å². The molecule has 1 saturated heterocycles. The predicted molar refractivity (Wildman–Crippen MR) is 124 cm³/mol. The molecule has 0 saturated carbocycles. The third-order valence-corrected chi connectivity index (χ3v) is 6.81. The number of hydrogen-bond acceptors (Lipinski definition) is 7. The van der Waals surface area contributed by atoms with Crippen LogP contribution >= 0.6 is 0 Å². The van der Waals surface area contributed by atoms with E-state index >= 15 is 0 Å².